The highest BCUT2D eigenvalue weighted by atomic mass is 35.5. The summed E-state index contributed by atoms with van der Waals surface area (Å²) in [4.78, 5) is 17.5. The first-order valence-corrected chi connectivity index (χ1v) is 7.71. The Morgan fingerprint density at radius 3 is 2.83 bits per heavy atom. The molecule has 1 aliphatic rings. The molecule has 1 amide bonds. The quantitative estimate of drug-likeness (QED) is 0.765. The molecule has 4 nitrogen and oxygen atoms in total. The summed E-state index contributed by atoms with van der Waals surface area (Å²) in [5.74, 6) is -0.293. The zero-order chi connectivity index (χ0) is 16.6. The molecule has 1 aromatic carbocycles. The van der Waals surface area contributed by atoms with E-state index in [4.69, 9.17) is 27.9 Å². The van der Waals surface area contributed by atoms with Gasteiger partial charge in [0.1, 0.15) is 5.82 Å². The monoisotopic (exact) mass is 354 g/mol. The first kappa shape index (κ1) is 16.0. The van der Waals surface area contributed by atoms with Crippen LogP contribution in [-0.2, 0) is 17.7 Å². The lowest BCUT2D eigenvalue weighted by molar-refractivity contribution is 0.118. The van der Waals surface area contributed by atoms with Crippen molar-refractivity contribution >= 4 is 29.3 Å². The van der Waals surface area contributed by atoms with E-state index in [-0.39, 0.29) is 12.4 Å². The lowest BCUT2D eigenvalue weighted by Gasteiger charge is -2.29. The van der Waals surface area contributed by atoms with Crippen LogP contribution in [-0.4, -0.2) is 29.6 Å². The SMILES string of the molecule is COC(=O)N1CCc2c(F)ccc(-c3ncc(Cl)cc3Cl)c2C1. The van der Waals surface area contributed by atoms with Gasteiger partial charge in [-0.3, -0.25) is 4.98 Å². The van der Waals surface area contributed by atoms with Gasteiger partial charge < -0.3 is 9.64 Å². The van der Waals surface area contributed by atoms with Gasteiger partial charge in [0.05, 0.1) is 29.4 Å². The molecule has 0 atom stereocenters. The van der Waals surface area contributed by atoms with Crippen molar-refractivity contribution in [2.24, 2.45) is 0 Å². The average molecular weight is 355 g/mol. The van der Waals surface area contributed by atoms with Gasteiger partial charge in [-0.05, 0) is 35.7 Å². The normalized spacial score (nSPS) is 13.7. The van der Waals surface area contributed by atoms with Crippen molar-refractivity contribution in [3.8, 4) is 11.3 Å². The Bertz CT molecular complexity index is 783. The molecule has 0 aliphatic carbocycles. The van der Waals surface area contributed by atoms with Crippen molar-refractivity contribution in [1.82, 2.24) is 9.88 Å². The number of methoxy groups -OCH3 is 1. The first-order chi connectivity index (χ1) is 11.0. The number of carbonyl (C=O) groups excluding carboxylic acids is 1. The van der Waals surface area contributed by atoms with Crippen molar-refractivity contribution in [2.45, 2.75) is 13.0 Å². The van der Waals surface area contributed by atoms with Crippen LogP contribution in [0.1, 0.15) is 11.1 Å². The number of nitrogens with zero attached hydrogens (tertiary/aromatic N) is 2. The van der Waals surface area contributed by atoms with Gasteiger partial charge in [0.15, 0.2) is 0 Å². The van der Waals surface area contributed by atoms with Gasteiger partial charge in [-0.1, -0.05) is 23.2 Å². The topological polar surface area (TPSA) is 42.4 Å². The number of carbonyl (C=O) groups is 1. The summed E-state index contributed by atoms with van der Waals surface area (Å²) >= 11 is 12.1. The maximum Gasteiger partial charge on any atom is 0.409 e. The standard InChI is InChI=1S/C16H13Cl2FN2O2/c1-23-16(22)21-5-4-10-12(8-21)11(2-3-14(10)19)15-13(18)6-9(17)7-20-15/h2-3,6-7H,4-5,8H2,1H3. The average Bonchev–Trinajstić information content (AvgIpc) is 2.55. The summed E-state index contributed by atoms with van der Waals surface area (Å²) in [6, 6.07) is 4.60. The number of ether oxygens (including phenoxy) is 1. The number of pyridine rings is 1. The van der Waals surface area contributed by atoms with E-state index in [1.54, 1.807) is 12.1 Å². The number of fused-ring (bicyclic) bond motifs is 1. The van der Waals surface area contributed by atoms with Gasteiger partial charge in [0.25, 0.3) is 0 Å². The second kappa shape index (κ2) is 6.34. The van der Waals surface area contributed by atoms with Crippen LogP contribution in [0.25, 0.3) is 11.3 Å². The maximum atomic E-state index is 14.1. The Hall–Kier alpha value is -1.85. The second-order valence-electron chi connectivity index (χ2n) is 5.18. The number of rotatable bonds is 1. The predicted molar refractivity (Wildman–Crippen MR) is 86.2 cm³/mol. The van der Waals surface area contributed by atoms with Gasteiger partial charge in [0.2, 0.25) is 0 Å². The van der Waals surface area contributed by atoms with E-state index in [9.17, 15) is 9.18 Å². The van der Waals surface area contributed by atoms with E-state index < -0.39 is 6.09 Å². The van der Waals surface area contributed by atoms with E-state index in [1.165, 1.54) is 24.3 Å². The minimum absolute atomic E-state index is 0.246. The number of hydrogen-bond donors (Lipinski definition) is 0. The largest absolute Gasteiger partial charge is 0.453 e. The summed E-state index contributed by atoms with van der Waals surface area (Å²) in [7, 11) is 1.32. The van der Waals surface area contributed by atoms with Crippen LogP contribution in [0.3, 0.4) is 0 Å². The highest BCUT2D eigenvalue weighted by Gasteiger charge is 2.26. The maximum absolute atomic E-state index is 14.1. The minimum Gasteiger partial charge on any atom is -0.453 e. The smallest absolute Gasteiger partial charge is 0.409 e. The summed E-state index contributed by atoms with van der Waals surface area (Å²) in [6.07, 6.45) is 1.45. The Kier molecular flexibility index (Phi) is 4.41. The molecule has 0 spiro atoms. The molecule has 0 saturated carbocycles. The molecule has 0 unspecified atom stereocenters. The zero-order valence-corrected chi connectivity index (χ0v) is 13.8. The molecule has 2 aromatic rings. The molecule has 120 valence electrons. The van der Waals surface area contributed by atoms with Crippen molar-refractivity contribution in [3.05, 3.63) is 51.4 Å². The van der Waals surface area contributed by atoms with E-state index in [1.807, 2.05) is 0 Å². The minimum atomic E-state index is -0.443. The van der Waals surface area contributed by atoms with E-state index in [2.05, 4.69) is 4.98 Å². The number of benzene rings is 1. The van der Waals surface area contributed by atoms with Crippen molar-refractivity contribution < 1.29 is 13.9 Å². The highest BCUT2D eigenvalue weighted by molar-refractivity contribution is 6.36. The molecule has 7 heteroatoms. The summed E-state index contributed by atoms with van der Waals surface area (Å²) in [5.41, 5.74) is 2.48. The molecular formula is C16H13Cl2FN2O2. The van der Waals surface area contributed by atoms with E-state index in [0.29, 0.717) is 45.4 Å². The van der Waals surface area contributed by atoms with Crippen LogP contribution in [0.4, 0.5) is 9.18 Å². The van der Waals surface area contributed by atoms with Gasteiger partial charge in [0, 0.05) is 18.3 Å². The molecule has 0 N–H and O–H groups in total. The summed E-state index contributed by atoms with van der Waals surface area (Å²) in [5, 5.41) is 0.799. The van der Waals surface area contributed by atoms with Crippen LogP contribution in [0, 0.1) is 5.82 Å². The highest BCUT2D eigenvalue weighted by Crippen LogP contribution is 2.35. The Balaban J connectivity index is 2.11. The molecule has 0 saturated heterocycles. The van der Waals surface area contributed by atoms with Crippen LogP contribution in [0.15, 0.2) is 24.4 Å². The number of halogens is 3. The lowest BCUT2D eigenvalue weighted by atomic mass is 9.92. The molecule has 1 aromatic heterocycles. The molecule has 1 aliphatic heterocycles. The Morgan fingerprint density at radius 1 is 1.35 bits per heavy atom. The number of aromatic nitrogens is 1. The molecule has 3 rings (SSSR count). The van der Waals surface area contributed by atoms with E-state index in [0.717, 1.165) is 0 Å². The van der Waals surface area contributed by atoms with Crippen LogP contribution < -0.4 is 0 Å². The van der Waals surface area contributed by atoms with Crippen molar-refractivity contribution in [1.29, 1.82) is 0 Å². The van der Waals surface area contributed by atoms with Crippen molar-refractivity contribution in [2.75, 3.05) is 13.7 Å². The Morgan fingerprint density at radius 2 is 2.13 bits per heavy atom. The molecule has 2 heterocycles. The first-order valence-electron chi connectivity index (χ1n) is 6.96. The third kappa shape index (κ3) is 2.99. The second-order valence-corrected chi connectivity index (χ2v) is 6.02. The van der Waals surface area contributed by atoms with E-state index >= 15 is 0 Å². The van der Waals surface area contributed by atoms with Gasteiger partial charge in [-0.15, -0.1) is 0 Å². The molecule has 0 fully saturated rings. The van der Waals surface area contributed by atoms with Crippen molar-refractivity contribution in [3.63, 3.8) is 0 Å². The van der Waals surface area contributed by atoms with Gasteiger partial charge in [-0.25, -0.2) is 9.18 Å². The van der Waals surface area contributed by atoms with Crippen LogP contribution in [0.5, 0.6) is 0 Å². The molecule has 23 heavy (non-hydrogen) atoms. The molecule has 0 radical (unpaired) electrons. The fraction of sp³-hybridized carbons (Fsp3) is 0.250. The lowest BCUT2D eigenvalue weighted by Crippen LogP contribution is -2.36. The summed E-state index contributed by atoms with van der Waals surface area (Å²) < 4.78 is 18.9. The fourth-order valence-electron chi connectivity index (χ4n) is 2.75. The fourth-order valence-corrected chi connectivity index (χ4v) is 3.23. The van der Waals surface area contributed by atoms with Crippen LogP contribution in [0.2, 0.25) is 10.0 Å². The summed E-state index contributed by atoms with van der Waals surface area (Å²) in [6.45, 7) is 0.650. The third-order valence-corrected chi connectivity index (χ3v) is 4.35. The van der Waals surface area contributed by atoms with Crippen LogP contribution >= 0.6 is 23.2 Å². The van der Waals surface area contributed by atoms with Gasteiger partial charge >= 0.3 is 6.09 Å². The predicted octanol–water partition coefficient (Wildman–Crippen LogP) is 4.32. The Labute approximate surface area is 142 Å². The third-order valence-electron chi connectivity index (χ3n) is 3.85. The number of amides is 1. The molecular weight excluding hydrogens is 342 g/mol. The van der Waals surface area contributed by atoms with Gasteiger partial charge in [-0.2, -0.15) is 0 Å². The zero-order valence-electron chi connectivity index (χ0n) is 12.3. The number of hydrogen-bond acceptors (Lipinski definition) is 3. The molecule has 0 bridgehead atoms.